The third kappa shape index (κ3) is 3.89. The largest absolute Gasteiger partial charge is 0.495 e. The van der Waals surface area contributed by atoms with Gasteiger partial charge in [-0.2, -0.15) is 0 Å². The molecule has 1 heterocycles. The zero-order valence-electron chi connectivity index (χ0n) is 12.6. The average Bonchev–Trinajstić information content (AvgIpc) is 2.49. The molecule has 116 valence electrons. The molecule has 1 aromatic rings. The van der Waals surface area contributed by atoms with Crippen molar-refractivity contribution in [3.05, 3.63) is 22.2 Å². The topological polar surface area (TPSA) is 50.8 Å². The van der Waals surface area contributed by atoms with Crippen molar-refractivity contribution in [1.82, 2.24) is 10.2 Å². The van der Waals surface area contributed by atoms with Crippen LogP contribution in [0.1, 0.15) is 23.2 Å². The summed E-state index contributed by atoms with van der Waals surface area (Å²) in [4.78, 5) is 14.7. The molecule has 0 bridgehead atoms. The first-order valence-corrected chi connectivity index (χ1v) is 7.75. The van der Waals surface area contributed by atoms with Gasteiger partial charge in [-0.05, 0) is 61.0 Å². The Kier molecular flexibility index (Phi) is 5.47. The van der Waals surface area contributed by atoms with Crippen LogP contribution in [0.15, 0.2) is 16.6 Å². The van der Waals surface area contributed by atoms with Crippen molar-refractivity contribution in [2.24, 2.45) is 0 Å². The summed E-state index contributed by atoms with van der Waals surface area (Å²) < 4.78 is 11.2. The maximum atomic E-state index is 12.4. The van der Waals surface area contributed by atoms with Crippen LogP contribution in [0.3, 0.4) is 0 Å². The molecule has 0 aliphatic carbocycles. The number of piperidine rings is 1. The van der Waals surface area contributed by atoms with Crippen molar-refractivity contribution in [1.29, 1.82) is 0 Å². The van der Waals surface area contributed by atoms with Crippen LogP contribution in [0, 0.1) is 0 Å². The summed E-state index contributed by atoms with van der Waals surface area (Å²) in [5.41, 5.74) is 0.547. The standard InChI is InChI=1S/C15H21BrN2O3/c1-18-6-4-11(5-7-18)17-15(19)10-8-12(20-2)14(16)13(9-10)21-3/h8-9,11H,4-7H2,1-3H3,(H,17,19). The number of ether oxygens (including phenoxy) is 2. The molecule has 1 N–H and O–H groups in total. The third-order valence-corrected chi connectivity index (χ3v) is 4.54. The van der Waals surface area contributed by atoms with Crippen LogP contribution < -0.4 is 14.8 Å². The minimum Gasteiger partial charge on any atom is -0.495 e. The van der Waals surface area contributed by atoms with E-state index in [1.807, 2.05) is 0 Å². The Morgan fingerprint density at radius 2 is 1.76 bits per heavy atom. The average molecular weight is 357 g/mol. The Labute approximate surface area is 133 Å². The number of carbonyl (C=O) groups excluding carboxylic acids is 1. The lowest BCUT2D eigenvalue weighted by molar-refractivity contribution is 0.0916. The molecule has 6 heteroatoms. The first kappa shape index (κ1) is 16.1. The van der Waals surface area contributed by atoms with Gasteiger partial charge < -0.3 is 19.7 Å². The Morgan fingerprint density at radius 1 is 1.24 bits per heavy atom. The molecule has 2 rings (SSSR count). The highest BCUT2D eigenvalue weighted by molar-refractivity contribution is 9.10. The van der Waals surface area contributed by atoms with Crippen molar-refractivity contribution in [3.63, 3.8) is 0 Å². The van der Waals surface area contributed by atoms with Gasteiger partial charge in [0.05, 0.1) is 14.2 Å². The number of hydrogen-bond acceptors (Lipinski definition) is 4. The minimum atomic E-state index is -0.0892. The zero-order valence-corrected chi connectivity index (χ0v) is 14.2. The molecule has 0 radical (unpaired) electrons. The van der Waals surface area contributed by atoms with Gasteiger partial charge in [0.1, 0.15) is 16.0 Å². The van der Waals surface area contributed by atoms with E-state index in [2.05, 4.69) is 33.2 Å². The van der Waals surface area contributed by atoms with E-state index in [1.165, 1.54) is 0 Å². The van der Waals surface area contributed by atoms with Crippen LogP contribution in [0.5, 0.6) is 11.5 Å². The SMILES string of the molecule is COc1cc(C(=O)NC2CCN(C)CC2)cc(OC)c1Br. The number of halogens is 1. The van der Waals surface area contributed by atoms with Gasteiger partial charge in [-0.15, -0.1) is 0 Å². The molecule has 1 fully saturated rings. The summed E-state index contributed by atoms with van der Waals surface area (Å²) in [6.07, 6.45) is 1.96. The van der Waals surface area contributed by atoms with E-state index in [4.69, 9.17) is 9.47 Å². The van der Waals surface area contributed by atoms with E-state index in [0.29, 0.717) is 21.5 Å². The Balaban J connectivity index is 2.11. The fraction of sp³-hybridized carbons (Fsp3) is 0.533. The van der Waals surface area contributed by atoms with E-state index in [9.17, 15) is 4.79 Å². The summed E-state index contributed by atoms with van der Waals surface area (Å²) in [6, 6.07) is 3.67. The van der Waals surface area contributed by atoms with Crippen molar-refractivity contribution < 1.29 is 14.3 Å². The number of nitrogens with zero attached hydrogens (tertiary/aromatic N) is 1. The number of amides is 1. The minimum absolute atomic E-state index is 0.0892. The molecule has 0 aromatic heterocycles. The maximum Gasteiger partial charge on any atom is 0.251 e. The van der Waals surface area contributed by atoms with Gasteiger partial charge >= 0.3 is 0 Å². The smallest absolute Gasteiger partial charge is 0.251 e. The lowest BCUT2D eigenvalue weighted by Crippen LogP contribution is -2.43. The van der Waals surface area contributed by atoms with Crippen LogP contribution >= 0.6 is 15.9 Å². The summed E-state index contributed by atoms with van der Waals surface area (Å²) in [5.74, 6) is 1.08. The first-order chi connectivity index (χ1) is 10.0. The fourth-order valence-corrected chi connectivity index (χ4v) is 2.97. The van der Waals surface area contributed by atoms with E-state index >= 15 is 0 Å². The number of benzene rings is 1. The lowest BCUT2D eigenvalue weighted by Gasteiger charge is -2.29. The van der Waals surface area contributed by atoms with Crippen LogP contribution in [-0.4, -0.2) is 51.2 Å². The number of carbonyl (C=O) groups is 1. The predicted molar refractivity (Wildman–Crippen MR) is 85.2 cm³/mol. The first-order valence-electron chi connectivity index (χ1n) is 6.96. The fourth-order valence-electron chi connectivity index (χ4n) is 2.42. The monoisotopic (exact) mass is 356 g/mol. The van der Waals surface area contributed by atoms with Crippen molar-refractivity contribution in [2.75, 3.05) is 34.4 Å². The number of nitrogens with one attached hydrogen (secondary N) is 1. The van der Waals surface area contributed by atoms with Crippen LogP contribution in [0.4, 0.5) is 0 Å². The predicted octanol–water partition coefficient (Wildman–Crippen LogP) is 2.29. The molecular weight excluding hydrogens is 336 g/mol. The highest BCUT2D eigenvalue weighted by atomic mass is 79.9. The summed E-state index contributed by atoms with van der Waals surface area (Å²) in [6.45, 7) is 2.02. The van der Waals surface area contributed by atoms with Crippen LogP contribution in [0.25, 0.3) is 0 Å². The van der Waals surface area contributed by atoms with Gasteiger partial charge in [0.15, 0.2) is 0 Å². The molecular formula is C15H21BrN2O3. The molecule has 1 amide bonds. The van der Waals surface area contributed by atoms with E-state index < -0.39 is 0 Å². The molecule has 1 saturated heterocycles. The molecule has 0 unspecified atom stereocenters. The van der Waals surface area contributed by atoms with Crippen molar-refractivity contribution in [2.45, 2.75) is 18.9 Å². The second-order valence-electron chi connectivity index (χ2n) is 5.25. The van der Waals surface area contributed by atoms with Gasteiger partial charge in [-0.1, -0.05) is 0 Å². The third-order valence-electron chi connectivity index (χ3n) is 3.76. The number of hydrogen-bond donors (Lipinski definition) is 1. The highest BCUT2D eigenvalue weighted by Crippen LogP contribution is 2.35. The molecule has 0 atom stereocenters. The molecule has 1 aromatic carbocycles. The number of methoxy groups -OCH3 is 2. The summed E-state index contributed by atoms with van der Waals surface area (Å²) in [5, 5.41) is 3.09. The Bertz CT molecular complexity index is 489. The van der Waals surface area contributed by atoms with Gasteiger partial charge in [0.2, 0.25) is 0 Å². The van der Waals surface area contributed by atoms with E-state index in [0.717, 1.165) is 25.9 Å². The molecule has 21 heavy (non-hydrogen) atoms. The quantitative estimate of drug-likeness (QED) is 0.899. The summed E-state index contributed by atoms with van der Waals surface area (Å²) in [7, 11) is 5.23. The molecule has 0 spiro atoms. The van der Waals surface area contributed by atoms with Crippen molar-refractivity contribution in [3.8, 4) is 11.5 Å². The van der Waals surface area contributed by atoms with Crippen molar-refractivity contribution >= 4 is 21.8 Å². The molecule has 1 aliphatic rings. The van der Waals surface area contributed by atoms with E-state index in [1.54, 1.807) is 26.4 Å². The zero-order chi connectivity index (χ0) is 15.4. The molecule has 5 nitrogen and oxygen atoms in total. The van der Waals surface area contributed by atoms with Crippen LogP contribution in [-0.2, 0) is 0 Å². The van der Waals surface area contributed by atoms with Gasteiger partial charge in [0.25, 0.3) is 5.91 Å². The Hall–Kier alpha value is -1.27. The molecule has 1 aliphatic heterocycles. The molecule has 0 saturated carbocycles. The lowest BCUT2D eigenvalue weighted by atomic mass is 10.0. The number of rotatable bonds is 4. The second-order valence-corrected chi connectivity index (χ2v) is 6.04. The summed E-state index contributed by atoms with van der Waals surface area (Å²) >= 11 is 3.40. The van der Waals surface area contributed by atoms with Crippen LogP contribution in [0.2, 0.25) is 0 Å². The Morgan fingerprint density at radius 3 is 2.24 bits per heavy atom. The van der Waals surface area contributed by atoms with Gasteiger partial charge in [-0.3, -0.25) is 4.79 Å². The normalized spacial score (nSPS) is 16.6. The van der Waals surface area contributed by atoms with E-state index in [-0.39, 0.29) is 11.9 Å². The van der Waals surface area contributed by atoms with Gasteiger partial charge in [0, 0.05) is 11.6 Å². The number of likely N-dealkylation sites (tertiary alicyclic amines) is 1. The highest BCUT2D eigenvalue weighted by Gasteiger charge is 2.20. The van der Waals surface area contributed by atoms with Gasteiger partial charge in [-0.25, -0.2) is 0 Å². The maximum absolute atomic E-state index is 12.4. The second kappa shape index (κ2) is 7.13.